The van der Waals surface area contributed by atoms with E-state index in [1.165, 1.54) is 0 Å². The summed E-state index contributed by atoms with van der Waals surface area (Å²) < 4.78 is 28.8. The van der Waals surface area contributed by atoms with Crippen LogP contribution in [0.2, 0.25) is 0 Å². The fraction of sp³-hybridized carbons (Fsp3) is 0.800. The lowest BCUT2D eigenvalue weighted by Crippen LogP contribution is -2.31. The molecule has 0 saturated heterocycles. The van der Waals surface area contributed by atoms with Gasteiger partial charge in [0.15, 0.2) is 5.96 Å². The summed E-state index contributed by atoms with van der Waals surface area (Å²) in [6.07, 6.45) is 0. The van der Waals surface area contributed by atoms with Gasteiger partial charge in [-0.25, -0.2) is 0 Å². The standard InChI is InChI=1S/C5H13N3O3S2/c1-2-7-5(6)8-3-4-12-13(9,10)11/h2-4H2,1H3,(H3,6,7,8)(H,9,10,11). The smallest absolute Gasteiger partial charge is 0.319 e. The van der Waals surface area contributed by atoms with Crippen molar-refractivity contribution in [1.82, 2.24) is 5.32 Å². The number of aliphatic imine (C=N–C) groups is 1. The lowest BCUT2D eigenvalue weighted by molar-refractivity contribution is 0.503. The zero-order chi connectivity index (χ0) is 10.3. The van der Waals surface area contributed by atoms with E-state index in [-0.39, 0.29) is 18.3 Å². The highest BCUT2D eigenvalue weighted by molar-refractivity contribution is 8.69. The average molecular weight is 227 g/mol. The van der Waals surface area contributed by atoms with Gasteiger partial charge in [-0.05, 0) is 17.7 Å². The Balaban J connectivity index is 3.61. The van der Waals surface area contributed by atoms with Crippen LogP contribution in [0.25, 0.3) is 0 Å². The molecule has 6 nitrogen and oxygen atoms in total. The molecule has 0 aromatic rings. The molecule has 0 rings (SSSR count). The monoisotopic (exact) mass is 227 g/mol. The molecule has 0 spiro atoms. The SMILES string of the molecule is CCNC(N)=NCCSS(=O)(=O)O. The minimum absolute atomic E-state index is 0.185. The van der Waals surface area contributed by atoms with E-state index in [1.807, 2.05) is 6.92 Å². The zero-order valence-corrected chi connectivity index (χ0v) is 8.86. The normalized spacial score (nSPS) is 12.9. The van der Waals surface area contributed by atoms with Crippen molar-refractivity contribution in [2.75, 3.05) is 18.8 Å². The second-order valence-corrected chi connectivity index (χ2v) is 5.52. The van der Waals surface area contributed by atoms with Gasteiger partial charge in [0, 0.05) is 12.3 Å². The molecule has 0 bridgehead atoms. The first-order chi connectivity index (χ1) is 5.95. The van der Waals surface area contributed by atoms with Gasteiger partial charge in [-0.15, -0.1) is 0 Å². The molecule has 0 saturated carbocycles. The van der Waals surface area contributed by atoms with Gasteiger partial charge in [0.05, 0.1) is 6.54 Å². The molecule has 0 aromatic heterocycles. The third kappa shape index (κ3) is 9.44. The number of hydrogen-bond acceptors (Lipinski definition) is 4. The van der Waals surface area contributed by atoms with E-state index < -0.39 is 9.15 Å². The van der Waals surface area contributed by atoms with Crippen LogP contribution in [0.3, 0.4) is 0 Å². The Morgan fingerprint density at radius 1 is 1.69 bits per heavy atom. The molecule has 0 aliphatic rings. The van der Waals surface area contributed by atoms with E-state index in [9.17, 15) is 8.42 Å². The second kappa shape index (κ2) is 6.06. The molecule has 8 heteroatoms. The summed E-state index contributed by atoms with van der Waals surface area (Å²) >= 11 is 0. The first-order valence-electron chi connectivity index (χ1n) is 3.61. The van der Waals surface area contributed by atoms with Gasteiger partial charge >= 0.3 is 9.15 Å². The molecular weight excluding hydrogens is 214 g/mol. The van der Waals surface area contributed by atoms with Crippen molar-refractivity contribution in [2.24, 2.45) is 10.7 Å². The van der Waals surface area contributed by atoms with E-state index in [2.05, 4.69) is 10.3 Å². The van der Waals surface area contributed by atoms with Crippen LogP contribution in [0.15, 0.2) is 4.99 Å². The van der Waals surface area contributed by atoms with Crippen LogP contribution in [0.5, 0.6) is 0 Å². The molecule has 0 aromatic carbocycles. The summed E-state index contributed by atoms with van der Waals surface area (Å²) in [6, 6.07) is 0. The van der Waals surface area contributed by atoms with E-state index >= 15 is 0 Å². The quantitative estimate of drug-likeness (QED) is 0.191. The minimum atomic E-state index is -3.95. The topological polar surface area (TPSA) is 105 Å². The number of guanidine groups is 1. The highest BCUT2D eigenvalue weighted by Crippen LogP contribution is 2.07. The van der Waals surface area contributed by atoms with Gasteiger partial charge < -0.3 is 11.1 Å². The molecule has 0 atom stereocenters. The summed E-state index contributed by atoms with van der Waals surface area (Å²) in [6.45, 7) is 2.79. The van der Waals surface area contributed by atoms with Crippen molar-refractivity contribution in [3.63, 3.8) is 0 Å². The predicted octanol–water partition coefficient (Wildman–Crippen LogP) is -0.553. The lowest BCUT2D eigenvalue weighted by Gasteiger charge is -2.00. The van der Waals surface area contributed by atoms with E-state index in [0.29, 0.717) is 17.3 Å². The highest BCUT2D eigenvalue weighted by Gasteiger charge is 2.03. The molecule has 0 fully saturated rings. The maximum Gasteiger partial charge on any atom is 0.319 e. The summed E-state index contributed by atoms with van der Waals surface area (Å²) in [5.41, 5.74) is 5.35. The Hall–Kier alpha value is -0.470. The molecule has 78 valence electrons. The minimum Gasteiger partial charge on any atom is -0.370 e. The summed E-state index contributed by atoms with van der Waals surface area (Å²) in [5, 5.41) is 2.75. The van der Waals surface area contributed by atoms with Gasteiger partial charge in [0.1, 0.15) is 0 Å². The van der Waals surface area contributed by atoms with Crippen LogP contribution in [-0.4, -0.2) is 37.8 Å². The van der Waals surface area contributed by atoms with Crippen molar-refractivity contribution >= 4 is 25.9 Å². The maximum absolute atomic E-state index is 10.2. The zero-order valence-electron chi connectivity index (χ0n) is 7.23. The van der Waals surface area contributed by atoms with Crippen molar-refractivity contribution < 1.29 is 13.0 Å². The Bertz CT molecular complexity index is 262. The van der Waals surface area contributed by atoms with Crippen LogP contribution in [0, 0.1) is 0 Å². The van der Waals surface area contributed by atoms with Gasteiger partial charge in [-0.3, -0.25) is 9.55 Å². The van der Waals surface area contributed by atoms with Crippen LogP contribution < -0.4 is 11.1 Å². The number of nitrogens with zero attached hydrogens (tertiary/aromatic N) is 1. The van der Waals surface area contributed by atoms with Crippen LogP contribution in [0.4, 0.5) is 0 Å². The molecule has 0 aliphatic carbocycles. The van der Waals surface area contributed by atoms with Gasteiger partial charge in [-0.1, -0.05) is 0 Å². The third-order valence-electron chi connectivity index (χ3n) is 0.964. The van der Waals surface area contributed by atoms with Crippen LogP contribution >= 0.6 is 10.8 Å². The molecule has 0 unspecified atom stereocenters. The number of nitrogens with one attached hydrogen (secondary N) is 1. The Kier molecular flexibility index (Phi) is 5.84. The van der Waals surface area contributed by atoms with E-state index in [1.54, 1.807) is 0 Å². The van der Waals surface area contributed by atoms with Crippen molar-refractivity contribution in [3.05, 3.63) is 0 Å². The largest absolute Gasteiger partial charge is 0.370 e. The third-order valence-corrected chi connectivity index (χ3v) is 3.00. The molecule has 13 heavy (non-hydrogen) atoms. The number of hydrogen-bond donors (Lipinski definition) is 3. The van der Waals surface area contributed by atoms with Crippen molar-refractivity contribution in [3.8, 4) is 0 Å². The molecule has 0 radical (unpaired) electrons. The highest BCUT2D eigenvalue weighted by atomic mass is 33.1. The predicted molar refractivity (Wildman–Crippen MR) is 54.2 cm³/mol. The summed E-state index contributed by atoms with van der Waals surface area (Å²) in [4.78, 5) is 3.80. The van der Waals surface area contributed by atoms with E-state index in [0.717, 1.165) is 0 Å². The van der Waals surface area contributed by atoms with E-state index in [4.69, 9.17) is 10.3 Å². The lowest BCUT2D eigenvalue weighted by atomic mass is 10.7. The fourth-order valence-electron chi connectivity index (χ4n) is 0.546. The van der Waals surface area contributed by atoms with Crippen LogP contribution in [0.1, 0.15) is 6.92 Å². The van der Waals surface area contributed by atoms with Crippen LogP contribution in [-0.2, 0) is 9.15 Å². The van der Waals surface area contributed by atoms with Gasteiger partial charge in [0.25, 0.3) is 0 Å². The molecule has 0 aliphatic heterocycles. The fourth-order valence-corrected chi connectivity index (χ4v) is 1.78. The number of nitrogens with two attached hydrogens (primary N) is 1. The Labute approximate surface area is 81.1 Å². The van der Waals surface area contributed by atoms with Crippen molar-refractivity contribution in [1.29, 1.82) is 0 Å². The molecule has 0 heterocycles. The summed E-state index contributed by atoms with van der Waals surface area (Å²) in [7, 11) is -3.52. The van der Waals surface area contributed by atoms with Gasteiger partial charge in [0.2, 0.25) is 0 Å². The average Bonchev–Trinajstić information content (AvgIpc) is 1.97. The van der Waals surface area contributed by atoms with Crippen molar-refractivity contribution in [2.45, 2.75) is 6.92 Å². The first kappa shape index (κ1) is 12.5. The Morgan fingerprint density at radius 2 is 2.31 bits per heavy atom. The number of rotatable bonds is 5. The second-order valence-electron chi connectivity index (χ2n) is 2.05. The maximum atomic E-state index is 10.2. The molecule has 0 amide bonds. The molecular formula is C5H13N3O3S2. The first-order valence-corrected chi connectivity index (χ1v) is 6.55. The Morgan fingerprint density at radius 3 is 2.77 bits per heavy atom. The van der Waals surface area contributed by atoms with Gasteiger partial charge in [-0.2, -0.15) is 8.42 Å². The molecule has 4 N–H and O–H groups in total. The summed E-state index contributed by atoms with van der Waals surface area (Å²) in [5.74, 6) is 0.462.